The molecule has 0 radical (unpaired) electrons. The fourth-order valence-electron chi connectivity index (χ4n) is 6.76. The molecule has 0 heterocycles. The fraction of sp³-hybridized carbons (Fsp3) is 0.692. The van der Waals surface area contributed by atoms with Gasteiger partial charge < -0.3 is 0 Å². The second-order valence-corrected chi connectivity index (χ2v) is 18.6. The van der Waals surface area contributed by atoms with E-state index in [9.17, 15) is 0 Å². The molecule has 0 spiro atoms. The van der Waals surface area contributed by atoms with Crippen molar-refractivity contribution < 1.29 is 0 Å². The van der Waals surface area contributed by atoms with Crippen molar-refractivity contribution in [3.8, 4) is 0 Å². The van der Waals surface area contributed by atoms with Crippen LogP contribution in [0.4, 0.5) is 0 Å². The molecule has 0 saturated carbocycles. The maximum absolute atomic E-state index is 2.48. The maximum atomic E-state index is 2.48. The zero-order valence-electron chi connectivity index (χ0n) is 29.6. The van der Waals surface area contributed by atoms with Gasteiger partial charge in [0, 0.05) is 0 Å². The Kier molecular flexibility index (Phi) is 8.94. The summed E-state index contributed by atoms with van der Waals surface area (Å²) in [4.78, 5) is 0. The molecule has 0 aliphatic carbocycles. The Morgan fingerprint density at radius 1 is 0.410 bits per heavy atom. The summed E-state index contributed by atoms with van der Waals surface area (Å²) in [6.45, 7) is 45.6. The summed E-state index contributed by atoms with van der Waals surface area (Å²) >= 11 is 0. The molecule has 0 aliphatic rings. The van der Waals surface area contributed by atoms with Crippen molar-refractivity contribution in [2.75, 3.05) is 0 Å². The van der Waals surface area contributed by atoms with Gasteiger partial charge in [0.2, 0.25) is 0 Å². The van der Waals surface area contributed by atoms with Crippen LogP contribution in [0.3, 0.4) is 0 Å². The summed E-state index contributed by atoms with van der Waals surface area (Å²) < 4.78 is 0. The molecule has 0 nitrogen and oxygen atoms in total. The van der Waals surface area contributed by atoms with E-state index in [-0.39, 0.29) is 32.5 Å². The molecule has 0 bridgehead atoms. The van der Waals surface area contributed by atoms with Crippen molar-refractivity contribution in [1.29, 1.82) is 0 Å². The topological polar surface area (TPSA) is 0 Å². The first-order valence-corrected chi connectivity index (χ1v) is 15.4. The molecule has 0 N–H and O–H groups in total. The molecule has 0 aromatic heterocycles. The third-order valence-corrected chi connectivity index (χ3v) is 8.20. The van der Waals surface area contributed by atoms with Crippen LogP contribution in [0.5, 0.6) is 0 Å². The van der Waals surface area contributed by atoms with Crippen molar-refractivity contribution in [2.24, 2.45) is 0 Å². The van der Waals surface area contributed by atoms with E-state index in [0.29, 0.717) is 5.92 Å². The van der Waals surface area contributed by atoms with Crippen molar-refractivity contribution >= 4 is 0 Å². The monoisotopic (exact) mass is 533 g/mol. The molecule has 2 aromatic rings. The Morgan fingerprint density at radius 2 is 0.744 bits per heavy atom. The lowest BCUT2D eigenvalue weighted by Gasteiger charge is -2.40. The molecular weight excluding hydrogens is 468 g/mol. The van der Waals surface area contributed by atoms with Gasteiger partial charge in [0.25, 0.3) is 0 Å². The second kappa shape index (κ2) is 10.4. The molecule has 220 valence electrons. The third-order valence-electron chi connectivity index (χ3n) is 8.20. The summed E-state index contributed by atoms with van der Waals surface area (Å²) in [5, 5.41) is 0. The second-order valence-electron chi connectivity index (χ2n) is 18.6. The standard InChI is InChI=1S/C39H64/c1-25(27-21-23-29(35(5,6)7)33(39(17,18)19)31(27)37(11,12)13)24-26-20-22-28(34(2,3)4)32(38(14,15)16)30(26)36(8,9)10/h20-23,25H,24H2,1-19H3. The smallest absolute Gasteiger partial charge is 0.0126 e. The lowest BCUT2D eigenvalue weighted by Crippen LogP contribution is -2.31. The Labute approximate surface area is 244 Å². The first-order valence-electron chi connectivity index (χ1n) is 15.4. The van der Waals surface area contributed by atoms with Gasteiger partial charge in [-0.15, -0.1) is 0 Å². The van der Waals surface area contributed by atoms with Crippen molar-refractivity contribution in [3.05, 3.63) is 68.8 Å². The van der Waals surface area contributed by atoms with Crippen LogP contribution in [-0.4, -0.2) is 0 Å². The summed E-state index contributed by atoms with van der Waals surface area (Å²) in [5.74, 6) is 0.420. The Balaban J connectivity index is 2.93. The molecule has 0 amide bonds. The first kappa shape index (κ1) is 33.6. The number of hydrogen-bond donors (Lipinski definition) is 0. The number of benzene rings is 2. The van der Waals surface area contributed by atoms with Gasteiger partial charge >= 0.3 is 0 Å². The van der Waals surface area contributed by atoms with Crippen molar-refractivity contribution in [3.63, 3.8) is 0 Å². The quantitative estimate of drug-likeness (QED) is 0.369. The lowest BCUT2D eigenvalue weighted by molar-refractivity contribution is 0.486. The van der Waals surface area contributed by atoms with Gasteiger partial charge in [-0.3, -0.25) is 0 Å². The van der Waals surface area contributed by atoms with E-state index in [1.54, 1.807) is 22.3 Å². The van der Waals surface area contributed by atoms with Crippen LogP contribution in [0.2, 0.25) is 0 Å². The van der Waals surface area contributed by atoms with Gasteiger partial charge in [0.15, 0.2) is 0 Å². The highest BCUT2D eigenvalue weighted by Gasteiger charge is 2.36. The van der Waals surface area contributed by atoms with Crippen LogP contribution in [-0.2, 0) is 38.9 Å². The fourth-order valence-corrected chi connectivity index (χ4v) is 6.76. The van der Waals surface area contributed by atoms with E-state index in [1.165, 1.54) is 22.3 Å². The molecule has 0 aliphatic heterocycles. The zero-order chi connectivity index (χ0) is 30.7. The van der Waals surface area contributed by atoms with E-state index in [0.717, 1.165) is 6.42 Å². The molecule has 1 unspecified atom stereocenters. The van der Waals surface area contributed by atoms with E-state index in [2.05, 4.69) is 156 Å². The normalized spacial score (nSPS) is 15.1. The van der Waals surface area contributed by atoms with Crippen LogP contribution >= 0.6 is 0 Å². The predicted octanol–water partition coefficient (Wildman–Crippen LogP) is 11.8. The van der Waals surface area contributed by atoms with Gasteiger partial charge in [-0.25, -0.2) is 0 Å². The highest BCUT2D eigenvalue weighted by atomic mass is 14.4. The van der Waals surface area contributed by atoms with E-state index < -0.39 is 0 Å². The molecule has 39 heavy (non-hydrogen) atoms. The lowest BCUT2D eigenvalue weighted by atomic mass is 9.65. The summed E-state index contributed by atoms with van der Waals surface area (Å²) in [5.41, 5.74) is 12.8. The van der Waals surface area contributed by atoms with Crippen LogP contribution in [0.25, 0.3) is 0 Å². The molecule has 1 atom stereocenters. The Bertz CT molecular complexity index is 1160. The molecular formula is C39H64. The largest absolute Gasteiger partial charge is 0.0584 e. The number of rotatable bonds is 3. The van der Waals surface area contributed by atoms with Gasteiger partial charge in [-0.05, 0) is 89.3 Å². The summed E-state index contributed by atoms with van der Waals surface area (Å²) in [7, 11) is 0. The highest BCUT2D eigenvalue weighted by molar-refractivity contribution is 5.54. The summed E-state index contributed by atoms with van der Waals surface area (Å²) in [6, 6.07) is 9.85. The minimum Gasteiger partial charge on any atom is -0.0584 e. The first-order chi connectivity index (χ1) is 17.1. The molecule has 0 saturated heterocycles. The van der Waals surface area contributed by atoms with E-state index >= 15 is 0 Å². The highest BCUT2D eigenvalue weighted by Crippen LogP contribution is 2.47. The Hall–Kier alpha value is -1.56. The van der Waals surface area contributed by atoms with Crippen LogP contribution in [0, 0.1) is 0 Å². The van der Waals surface area contributed by atoms with E-state index in [1.807, 2.05) is 0 Å². The van der Waals surface area contributed by atoms with Gasteiger partial charge in [0.05, 0.1) is 0 Å². The third kappa shape index (κ3) is 7.40. The molecule has 0 fully saturated rings. The minimum absolute atomic E-state index is 0.0625. The minimum atomic E-state index is 0.0625. The predicted molar refractivity (Wildman–Crippen MR) is 177 cm³/mol. The molecule has 0 heteroatoms. The van der Waals surface area contributed by atoms with Gasteiger partial charge in [-0.1, -0.05) is 156 Å². The maximum Gasteiger partial charge on any atom is -0.0126 e. The molecule has 2 rings (SSSR count). The summed E-state index contributed by atoms with van der Waals surface area (Å²) in [6.07, 6.45) is 1.06. The average Bonchev–Trinajstić information content (AvgIpc) is 2.67. The van der Waals surface area contributed by atoms with Crippen molar-refractivity contribution in [1.82, 2.24) is 0 Å². The van der Waals surface area contributed by atoms with Crippen molar-refractivity contribution in [2.45, 2.75) is 176 Å². The SMILES string of the molecule is CC(Cc1ccc(C(C)(C)C)c(C(C)(C)C)c1C(C)(C)C)c1ccc(C(C)(C)C)c(C(C)(C)C)c1C(C)(C)C. The van der Waals surface area contributed by atoms with Gasteiger partial charge in [0.1, 0.15) is 0 Å². The van der Waals surface area contributed by atoms with Crippen LogP contribution in [0.1, 0.15) is 182 Å². The Morgan fingerprint density at radius 3 is 1.08 bits per heavy atom. The number of hydrogen-bond acceptors (Lipinski definition) is 0. The van der Waals surface area contributed by atoms with Crippen LogP contribution in [0.15, 0.2) is 24.3 Å². The zero-order valence-corrected chi connectivity index (χ0v) is 29.6. The van der Waals surface area contributed by atoms with E-state index in [4.69, 9.17) is 0 Å². The molecule has 2 aromatic carbocycles. The van der Waals surface area contributed by atoms with Crippen LogP contribution < -0.4 is 0 Å². The van der Waals surface area contributed by atoms with Gasteiger partial charge in [-0.2, -0.15) is 0 Å². The average molecular weight is 533 g/mol.